The number of carbonyl (C=O) groups excluding carboxylic acids is 1. The molecule has 1 rings (SSSR count). The van der Waals surface area contributed by atoms with Gasteiger partial charge in [-0.05, 0) is 20.8 Å². The number of nitrogens with one attached hydrogen (secondary N) is 1. The van der Waals surface area contributed by atoms with E-state index in [2.05, 4.69) is 10.2 Å². The van der Waals surface area contributed by atoms with E-state index in [9.17, 15) is 4.79 Å². The fourth-order valence-electron chi connectivity index (χ4n) is 1.58. The molecule has 0 aromatic carbocycles. The van der Waals surface area contributed by atoms with Gasteiger partial charge >= 0.3 is 5.97 Å². The minimum atomic E-state index is -0.361. The Bertz CT molecular complexity index is 205. The number of rotatable bonds is 3. The Kier molecular flexibility index (Phi) is 4.54. The van der Waals surface area contributed by atoms with Crippen LogP contribution in [0.4, 0.5) is 0 Å². The van der Waals surface area contributed by atoms with Gasteiger partial charge in [0.15, 0.2) is 0 Å². The van der Waals surface area contributed by atoms with Crippen molar-refractivity contribution in [2.24, 2.45) is 0 Å². The van der Waals surface area contributed by atoms with Gasteiger partial charge in [0, 0.05) is 32.7 Å². The maximum Gasteiger partial charge on any atom is 0.307 e. The van der Waals surface area contributed by atoms with Crippen molar-refractivity contribution in [1.82, 2.24) is 10.2 Å². The van der Waals surface area contributed by atoms with Gasteiger partial charge in [-0.1, -0.05) is 0 Å². The summed E-state index contributed by atoms with van der Waals surface area (Å²) in [5.41, 5.74) is -0.361. The zero-order valence-corrected chi connectivity index (χ0v) is 10.0. The summed E-state index contributed by atoms with van der Waals surface area (Å²) in [6, 6.07) is 0. The van der Waals surface area contributed by atoms with Crippen LogP contribution in [0.5, 0.6) is 0 Å². The van der Waals surface area contributed by atoms with Gasteiger partial charge in [-0.25, -0.2) is 0 Å². The first-order valence-electron chi connectivity index (χ1n) is 5.62. The lowest BCUT2D eigenvalue weighted by molar-refractivity contribution is -0.155. The Hall–Kier alpha value is -0.610. The summed E-state index contributed by atoms with van der Waals surface area (Å²) in [5, 5.41) is 3.28. The molecule has 15 heavy (non-hydrogen) atoms. The van der Waals surface area contributed by atoms with Crippen LogP contribution in [0, 0.1) is 0 Å². The van der Waals surface area contributed by atoms with Crippen LogP contribution in [-0.4, -0.2) is 49.2 Å². The second kappa shape index (κ2) is 5.47. The van der Waals surface area contributed by atoms with E-state index in [0.29, 0.717) is 6.42 Å². The van der Waals surface area contributed by atoms with Crippen LogP contribution in [0.2, 0.25) is 0 Å². The SMILES string of the molecule is CC(C)(C)OC(=O)CCN1CCNCC1. The lowest BCUT2D eigenvalue weighted by atomic mass is 10.2. The Morgan fingerprint density at radius 2 is 1.93 bits per heavy atom. The van der Waals surface area contributed by atoms with Crippen molar-refractivity contribution in [2.75, 3.05) is 32.7 Å². The first-order valence-corrected chi connectivity index (χ1v) is 5.62. The molecular formula is C11H22N2O2. The third-order valence-corrected chi connectivity index (χ3v) is 2.26. The number of hydrogen-bond acceptors (Lipinski definition) is 4. The molecule has 0 amide bonds. The molecule has 0 radical (unpaired) electrons. The summed E-state index contributed by atoms with van der Waals surface area (Å²) in [4.78, 5) is 13.7. The van der Waals surface area contributed by atoms with Gasteiger partial charge in [-0.2, -0.15) is 0 Å². The monoisotopic (exact) mass is 214 g/mol. The molecule has 88 valence electrons. The van der Waals surface area contributed by atoms with Crippen molar-refractivity contribution in [3.05, 3.63) is 0 Å². The molecule has 4 nitrogen and oxygen atoms in total. The predicted octanol–water partition coefficient (Wildman–Crippen LogP) is 0.623. The van der Waals surface area contributed by atoms with Crippen LogP contribution in [0.3, 0.4) is 0 Å². The zero-order chi connectivity index (χ0) is 11.3. The van der Waals surface area contributed by atoms with E-state index in [1.807, 2.05) is 20.8 Å². The van der Waals surface area contributed by atoms with Gasteiger partial charge < -0.3 is 15.0 Å². The van der Waals surface area contributed by atoms with Crippen molar-refractivity contribution in [3.63, 3.8) is 0 Å². The Morgan fingerprint density at radius 1 is 1.33 bits per heavy atom. The average molecular weight is 214 g/mol. The average Bonchev–Trinajstić information content (AvgIpc) is 2.14. The summed E-state index contributed by atoms with van der Waals surface area (Å²) in [6.07, 6.45) is 0.497. The van der Waals surface area contributed by atoms with E-state index in [0.717, 1.165) is 32.7 Å². The molecule has 1 fully saturated rings. The molecule has 1 aliphatic rings. The molecule has 0 aliphatic carbocycles. The van der Waals surface area contributed by atoms with Crippen molar-refractivity contribution < 1.29 is 9.53 Å². The van der Waals surface area contributed by atoms with Gasteiger partial charge in [0.1, 0.15) is 5.60 Å². The summed E-state index contributed by atoms with van der Waals surface area (Å²) in [6.45, 7) is 10.6. The second-order valence-electron chi connectivity index (χ2n) is 4.93. The van der Waals surface area contributed by atoms with Crippen LogP contribution in [-0.2, 0) is 9.53 Å². The van der Waals surface area contributed by atoms with Crippen molar-refractivity contribution in [1.29, 1.82) is 0 Å². The highest BCUT2D eigenvalue weighted by Gasteiger charge is 2.17. The highest BCUT2D eigenvalue weighted by Crippen LogP contribution is 2.08. The summed E-state index contributed by atoms with van der Waals surface area (Å²) < 4.78 is 5.25. The molecule has 0 bridgehead atoms. The number of esters is 1. The molecule has 0 saturated carbocycles. The van der Waals surface area contributed by atoms with E-state index in [4.69, 9.17) is 4.74 Å². The van der Waals surface area contributed by atoms with E-state index >= 15 is 0 Å². The Labute approximate surface area is 92.0 Å². The molecule has 0 spiro atoms. The first kappa shape index (κ1) is 12.5. The van der Waals surface area contributed by atoms with E-state index in [1.165, 1.54) is 0 Å². The molecular weight excluding hydrogens is 192 g/mol. The molecule has 0 atom stereocenters. The number of piperazine rings is 1. The van der Waals surface area contributed by atoms with Gasteiger partial charge in [0.05, 0.1) is 6.42 Å². The number of hydrogen-bond donors (Lipinski definition) is 1. The number of carbonyl (C=O) groups is 1. The van der Waals surface area contributed by atoms with Gasteiger partial charge in [-0.3, -0.25) is 4.79 Å². The van der Waals surface area contributed by atoms with Crippen LogP contribution in [0.1, 0.15) is 27.2 Å². The van der Waals surface area contributed by atoms with Gasteiger partial charge in [0.2, 0.25) is 0 Å². The van der Waals surface area contributed by atoms with Crippen LogP contribution in [0.15, 0.2) is 0 Å². The fourth-order valence-corrected chi connectivity index (χ4v) is 1.58. The van der Waals surface area contributed by atoms with Gasteiger partial charge in [0.25, 0.3) is 0 Å². The molecule has 1 heterocycles. The Balaban J connectivity index is 2.15. The minimum absolute atomic E-state index is 0.0963. The quantitative estimate of drug-likeness (QED) is 0.699. The number of nitrogens with zero attached hydrogens (tertiary/aromatic N) is 1. The first-order chi connectivity index (χ1) is 6.97. The van der Waals surface area contributed by atoms with Crippen molar-refractivity contribution in [3.8, 4) is 0 Å². The highest BCUT2D eigenvalue weighted by molar-refractivity contribution is 5.70. The normalized spacial score (nSPS) is 18.9. The second-order valence-corrected chi connectivity index (χ2v) is 4.93. The maximum absolute atomic E-state index is 11.4. The highest BCUT2D eigenvalue weighted by atomic mass is 16.6. The number of ether oxygens (including phenoxy) is 1. The van der Waals surface area contributed by atoms with Crippen LogP contribution >= 0.6 is 0 Å². The van der Waals surface area contributed by atoms with Crippen molar-refractivity contribution >= 4 is 5.97 Å². The summed E-state index contributed by atoms with van der Waals surface area (Å²) >= 11 is 0. The molecule has 1 aliphatic heterocycles. The van der Waals surface area contributed by atoms with E-state index in [-0.39, 0.29) is 11.6 Å². The maximum atomic E-state index is 11.4. The van der Waals surface area contributed by atoms with Crippen LogP contribution < -0.4 is 5.32 Å². The standard InChI is InChI=1S/C11H22N2O2/c1-11(2,3)15-10(14)4-7-13-8-5-12-6-9-13/h12H,4-9H2,1-3H3. The molecule has 4 heteroatoms. The zero-order valence-electron chi connectivity index (χ0n) is 10.0. The lowest BCUT2D eigenvalue weighted by Crippen LogP contribution is -2.44. The van der Waals surface area contributed by atoms with Crippen molar-refractivity contribution in [2.45, 2.75) is 32.8 Å². The lowest BCUT2D eigenvalue weighted by Gasteiger charge is -2.27. The van der Waals surface area contributed by atoms with Crippen LogP contribution in [0.25, 0.3) is 0 Å². The molecule has 1 saturated heterocycles. The van der Waals surface area contributed by atoms with E-state index < -0.39 is 0 Å². The predicted molar refractivity (Wildman–Crippen MR) is 59.8 cm³/mol. The summed E-state index contributed by atoms with van der Waals surface area (Å²) in [7, 11) is 0. The molecule has 0 unspecified atom stereocenters. The third kappa shape index (κ3) is 5.74. The smallest absolute Gasteiger partial charge is 0.307 e. The minimum Gasteiger partial charge on any atom is -0.460 e. The molecule has 0 aromatic heterocycles. The third-order valence-electron chi connectivity index (χ3n) is 2.26. The summed E-state index contributed by atoms with van der Waals surface area (Å²) in [5.74, 6) is -0.0963. The fraction of sp³-hybridized carbons (Fsp3) is 0.909. The molecule has 0 aromatic rings. The topological polar surface area (TPSA) is 41.6 Å². The molecule has 1 N–H and O–H groups in total. The Morgan fingerprint density at radius 3 is 2.47 bits per heavy atom. The largest absolute Gasteiger partial charge is 0.460 e. The van der Waals surface area contributed by atoms with Gasteiger partial charge in [-0.15, -0.1) is 0 Å². The van der Waals surface area contributed by atoms with E-state index in [1.54, 1.807) is 0 Å².